The summed E-state index contributed by atoms with van der Waals surface area (Å²) in [6.07, 6.45) is 1.42. The lowest BCUT2D eigenvalue weighted by Crippen LogP contribution is -2.50. The Hall–Kier alpha value is -2.08. The Bertz CT molecular complexity index is 674. The molecule has 1 amide bonds. The van der Waals surface area contributed by atoms with Gasteiger partial charge in [0.25, 0.3) is 0 Å². The topological polar surface area (TPSA) is 70.2 Å². The van der Waals surface area contributed by atoms with E-state index in [2.05, 4.69) is 21.4 Å². The van der Waals surface area contributed by atoms with Crippen molar-refractivity contribution in [3.8, 4) is 0 Å². The van der Waals surface area contributed by atoms with Gasteiger partial charge in [0.2, 0.25) is 0 Å². The zero-order valence-corrected chi connectivity index (χ0v) is 13.2. The van der Waals surface area contributed by atoms with Crippen molar-refractivity contribution < 1.29 is 9.53 Å². The summed E-state index contributed by atoms with van der Waals surface area (Å²) in [5.41, 5.74) is 2.50. The summed E-state index contributed by atoms with van der Waals surface area (Å²) in [4.78, 5) is 21.6. The molecule has 1 aliphatic rings. The Labute approximate surface area is 129 Å². The molecule has 6 nitrogen and oxygen atoms in total. The lowest BCUT2D eigenvalue weighted by molar-refractivity contribution is 0.0118. The number of ether oxygens (including phenoxy) is 1. The summed E-state index contributed by atoms with van der Waals surface area (Å²) >= 11 is 0. The minimum Gasteiger partial charge on any atom is -0.444 e. The molecule has 0 aliphatic carbocycles. The highest BCUT2D eigenvalue weighted by molar-refractivity contribution is 5.76. The molecule has 0 radical (unpaired) electrons. The number of aromatic nitrogens is 2. The quantitative estimate of drug-likeness (QED) is 0.849. The van der Waals surface area contributed by atoms with Crippen LogP contribution in [0.2, 0.25) is 0 Å². The molecular weight excluding hydrogens is 280 g/mol. The maximum absolute atomic E-state index is 12.5. The van der Waals surface area contributed by atoms with Crippen LogP contribution in [0.5, 0.6) is 0 Å². The molecule has 0 saturated carbocycles. The number of rotatable bonds is 1. The summed E-state index contributed by atoms with van der Waals surface area (Å²) in [5, 5.41) is 3.35. The van der Waals surface area contributed by atoms with Crippen molar-refractivity contribution in [2.24, 2.45) is 0 Å². The number of imidazole rings is 1. The first-order valence-electron chi connectivity index (χ1n) is 7.57. The van der Waals surface area contributed by atoms with Gasteiger partial charge in [0.15, 0.2) is 0 Å². The lowest BCUT2D eigenvalue weighted by atomic mass is 10.0. The normalized spacial score (nSPS) is 19.4. The van der Waals surface area contributed by atoms with Crippen molar-refractivity contribution in [1.29, 1.82) is 0 Å². The zero-order valence-electron chi connectivity index (χ0n) is 13.2. The van der Waals surface area contributed by atoms with Gasteiger partial charge in [0, 0.05) is 19.6 Å². The number of nitrogens with zero attached hydrogens (tertiary/aromatic N) is 2. The van der Waals surface area contributed by atoms with Crippen LogP contribution in [-0.4, -0.2) is 46.2 Å². The van der Waals surface area contributed by atoms with E-state index in [-0.39, 0.29) is 12.1 Å². The van der Waals surface area contributed by atoms with E-state index in [9.17, 15) is 4.79 Å². The van der Waals surface area contributed by atoms with Crippen molar-refractivity contribution in [2.45, 2.75) is 32.4 Å². The molecule has 1 aromatic carbocycles. The molecule has 3 rings (SSSR count). The number of amides is 1. The summed E-state index contributed by atoms with van der Waals surface area (Å²) in [6, 6.07) is 6.02. The number of aromatic amines is 1. The van der Waals surface area contributed by atoms with Crippen LogP contribution in [0.4, 0.5) is 4.79 Å². The van der Waals surface area contributed by atoms with Gasteiger partial charge in [0.1, 0.15) is 5.60 Å². The van der Waals surface area contributed by atoms with Crippen LogP contribution < -0.4 is 5.32 Å². The number of hydrogen-bond acceptors (Lipinski definition) is 4. The Kier molecular flexibility index (Phi) is 3.78. The molecule has 22 heavy (non-hydrogen) atoms. The maximum atomic E-state index is 12.5. The smallest absolute Gasteiger partial charge is 0.410 e. The first-order chi connectivity index (χ1) is 10.4. The van der Waals surface area contributed by atoms with E-state index in [0.29, 0.717) is 6.54 Å². The molecule has 1 fully saturated rings. The third-order valence-corrected chi connectivity index (χ3v) is 3.70. The second-order valence-electron chi connectivity index (χ2n) is 6.57. The van der Waals surface area contributed by atoms with E-state index in [1.165, 1.54) is 0 Å². The Balaban J connectivity index is 1.86. The van der Waals surface area contributed by atoms with Gasteiger partial charge in [-0.1, -0.05) is 6.07 Å². The summed E-state index contributed by atoms with van der Waals surface area (Å²) < 4.78 is 5.54. The number of fused-ring (bicyclic) bond motifs is 1. The van der Waals surface area contributed by atoms with Gasteiger partial charge >= 0.3 is 6.09 Å². The minimum atomic E-state index is -0.486. The van der Waals surface area contributed by atoms with Crippen molar-refractivity contribution in [2.75, 3.05) is 19.6 Å². The van der Waals surface area contributed by atoms with Crippen molar-refractivity contribution >= 4 is 17.1 Å². The SMILES string of the molecule is CC(C)(C)OC(=O)N1CCNCC1c1ccc2nc[nH]c2c1. The number of benzene rings is 1. The van der Waals surface area contributed by atoms with Crippen molar-refractivity contribution in [3.05, 3.63) is 30.1 Å². The van der Waals surface area contributed by atoms with Crippen molar-refractivity contribution in [3.63, 3.8) is 0 Å². The van der Waals surface area contributed by atoms with E-state index in [4.69, 9.17) is 4.74 Å². The van der Waals surface area contributed by atoms with Crippen LogP contribution >= 0.6 is 0 Å². The van der Waals surface area contributed by atoms with E-state index in [0.717, 1.165) is 29.7 Å². The van der Waals surface area contributed by atoms with Crippen LogP contribution in [0, 0.1) is 0 Å². The Morgan fingerprint density at radius 3 is 3.00 bits per heavy atom. The van der Waals surface area contributed by atoms with Crippen molar-refractivity contribution in [1.82, 2.24) is 20.2 Å². The molecule has 2 N–H and O–H groups in total. The Morgan fingerprint density at radius 1 is 1.41 bits per heavy atom. The second kappa shape index (κ2) is 5.61. The first kappa shape index (κ1) is 14.8. The van der Waals surface area contributed by atoms with Crippen LogP contribution in [0.25, 0.3) is 11.0 Å². The zero-order chi connectivity index (χ0) is 15.7. The van der Waals surface area contributed by atoms with E-state index in [1.54, 1.807) is 11.2 Å². The standard InChI is InChI=1S/C16H22N4O2/c1-16(2,3)22-15(21)20-7-6-17-9-14(20)11-4-5-12-13(8-11)19-10-18-12/h4-5,8,10,14,17H,6-7,9H2,1-3H3,(H,18,19). The second-order valence-corrected chi connectivity index (χ2v) is 6.57. The summed E-state index contributed by atoms with van der Waals surface area (Å²) in [5.74, 6) is 0. The predicted octanol–water partition coefficient (Wildman–Crippen LogP) is 2.44. The van der Waals surface area contributed by atoms with Crippen LogP contribution in [0.3, 0.4) is 0 Å². The number of hydrogen-bond donors (Lipinski definition) is 2. The fourth-order valence-electron chi connectivity index (χ4n) is 2.70. The average Bonchev–Trinajstić information content (AvgIpc) is 2.92. The molecule has 2 aromatic rings. The van der Waals surface area contributed by atoms with Crippen LogP contribution in [0.15, 0.2) is 24.5 Å². The molecule has 1 saturated heterocycles. The number of nitrogens with one attached hydrogen (secondary N) is 2. The summed E-state index contributed by atoms with van der Waals surface area (Å²) in [7, 11) is 0. The highest BCUT2D eigenvalue weighted by Crippen LogP contribution is 2.26. The van der Waals surface area contributed by atoms with Gasteiger partial charge in [0.05, 0.1) is 23.4 Å². The molecule has 1 unspecified atom stereocenters. The number of carbonyl (C=O) groups excluding carboxylic acids is 1. The molecular formula is C16H22N4O2. The van der Waals surface area contributed by atoms with Gasteiger partial charge in [-0.3, -0.25) is 4.90 Å². The molecule has 1 aromatic heterocycles. The van der Waals surface area contributed by atoms with Gasteiger partial charge < -0.3 is 15.0 Å². The van der Waals surface area contributed by atoms with Gasteiger partial charge in [-0.15, -0.1) is 0 Å². The average molecular weight is 302 g/mol. The third-order valence-electron chi connectivity index (χ3n) is 3.70. The fourth-order valence-corrected chi connectivity index (χ4v) is 2.70. The summed E-state index contributed by atoms with van der Waals surface area (Å²) in [6.45, 7) is 7.80. The van der Waals surface area contributed by atoms with Gasteiger partial charge in [-0.25, -0.2) is 9.78 Å². The molecule has 1 atom stereocenters. The van der Waals surface area contributed by atoms with E-state index in [1.807, 2.05) is 32.9 Å². The van der Waals surface area contributed by atoms with E-state index < -0.39 is 5.60 Å². The first-order valence-corrected chi connectivity index (χ1v) is 7.57. The van der Waals surface area contributed by atoms with Gasteiger partial charge in [-0.05, 0) is 38.5 Å². The van der Waals surface area contributed by atoms with Crippen LogP contribution in [-0.2, 0) is 4.74 Å². The maximum Gasteiger partial charge on any atom is 0.410 e. The minimum absolute atomic E-state index is 0.0312. The number of piperazine rings is 1. The largest absolute Gasteiger partial charge is 0.444 e. The van der Waals surface area contributed by atoms with Crippen LogP contribution in [0.1, 0.15) is 32.4 Å². The Morgan fingerprint density at radius 2 is 2.23 bits per heavy atom. The molecule has 0 bridgehead atoms. The molecule has 1 aliphatic heterocycles. The third kappa shape index (κ3) is 3.06. The lowest BCUT2D eigenvalue weighted by Gasteiger charge is -2.37. The molecule has 2 heterocycles. The number of H-pyrrole nitrogens is 1. The number of carbonyl (C=O) groups is 1. The molecule has 6 heteroatoms. The highest BCUT2D eigenvalue weighted by Gasteiger charge is 2.31. The van der Waals surface area contributed by atoms with Gasteiger partial charge in [-0.2, -0.15) is 0 Å². The highest BCUT2D eigenvalue weighted by atomic mass is 16.6. The molecule has 118 valence electrons. The molecule has 0 spiro atoms. The van der Waals surface area contributed by atoms with E-state index >= 15 is 0 Å². The fraction of sp³-hybridized carbons (Fsp3) is 0.500. The predicted molar refractivity (Wildman–Crippen MR) is 84.6 cm³/mol. The monoisotopic (exact) mass is 302 g/mol.